The summed E-state index contributed by atoms with van der Waals surface area (Å²) < 4.78 is 0. The minimum atomic E-state index is 0.838. The molecular weight excluding hydrogens is 244 g/mol. The average Bonchev–Trinajstić information content (AvgIpc) is 2.40. The van der Waals surface area contributed by atoms with Crippen LogP contribution in [-0.4, -0.2) is 18.5 Å². The number of nitrogen functional groups attached to an aromatic ring is 1. The fraction of sp³-hybridized carbons (Fsp3) is 0.333. The molecule has 2 aromatic carbocycles. The van der Waals surface area contributed by atoms with Gasteiger partial charge in [0.25, 0.3) is 0 Å². The quantitative estimate of drug-likeness (QED) is 0.840. The SMILES string of the molecule is Cc1ccc(CCN(C)Cc2cccc(N)c2)cc1C. The van der Waals surface area contributed by atoms with E-state index >= 15 is 0 Å². The first-order valence-electron chi connectivity index (χ1n) is 7.13. The summed E-state index contributed by atoms with van der Waals surface area (Å²) in [5.41, 5.74) is 12.1. The third kappa shape index (κ3) is 4.10. The van der Waals surface area contributed by atoms with Gasteiger partial charge in [-0.15, -0.1) is 0 Å². The minimum Gasteiger partial charge on any atom is -0.399 e. The maximum atomic E-state index is 5.81. The van der Waals surface area contributed by atoms with Crippen LogP contribution in [0.2, 0.25) is 0 Å². The molecule has 0 aliphatic heterocycles. The van der Waals surface area contributed by atoms with Crippen LogP contribution in [0, 0.1) is 13.8 Å². The highest BCUT2D eigenvalue weighted by Crippen LogP contribution is 2.12. The van der Waals surface area contributed by atoms with Crippen LogP contribution in [-0.2, 0) is 13.0 Å². The van der Waals surface area contributed by atoms with Gasteiger partial charge in [0.1, 0.15) is 0 Å². The first-order valence-corrected chi connectivity index (χ1v) is 7.13. The molecule has 0 radical (unpaired) electrons. The van der Waals surface area contributed by atoms with Crippen molar-refractivity contribution in [3.05, 3.63) is 64.7 Å². The van der Waals surface area contributed by atoms with Crippen molar-refractivity contribution in [3.63, 3.8) is 0 Å². The third-order valence-electron chi connectivity index (χ3n) is 3.76. The van der Waals surface area contributed by atoms with E-state index in [2.05, 4.69) is 50.1 Å². The molecule has 0 amide bonds. The molecule has 2 rings (SSSR count). The lowest BCUT2D eigenvalue weighted by Crippen LogP contribution is -2.20. The molecule has 2 heteroatoms. The molecule has 0 aromatic heterocycles. The van der Waals surface area contributed by atoms with Crippen LogP contribution in [0.5, 0.6) is 0 Å². The molecule has 0 unspecified atom stereocenters. The van der Waals surface area contributed by atoms with E-state index in [9.17, 15) is 0 Å². The number of hydrogen-bond acceptors (Lipinski definition) is 2. The molecule has 2 nitrogen and oxygen atoms in total. The molecule has 2 aromatic rings. The lowest BCUT2D eigenvalue weighted by Gasteiger charge is -2.17. The number of aryl methyl sites for hydroxylation is 2. The van der Waals surface area contributed by atoms with Crippen LogP contribution >= 0.6 is 0 Å². The Morgan fingerprint density at radius 1 is 0.950 bits per heavy atom. The maximum absolute atomic E-state index is 5.81. The van der Waals surface area contributed by atoms with Crippen LogP contribution in [0.4, 0.5) is 5.69 Å². The molecule has 0 atom stereocenters. The fourth-order valence-electron chi connectivity index (χ4n) is 2.36. The molecule has 0 aliphatic carbocycles. The van der Waals surface area contributed by atoms with Crippen LogP contribution < -0.4 is 5.73 Å². The van der Waals surface area contributed by atoms with Gasteiger partial charge in [0.2, 0.25) is 0 Å². The molecule has 0 heterocycles. The number of benzene rings is 2. The summed E-state index contributed by atoms with van der Waals surface area (Å²) in [6.45, 7) is 6.33. The summed E-state index contributed by atoms with van der Waals surface area (Å²) in [6.07, 6.45) is 1.08. The van der Waals surface area contributed by atoms with E-state index in [-0.39, 0.29) is 0 Å². The number of nitrogens with two attached hydrogens (primary N) is 1. The van der Waals surface area contributed by atoms with Crippen molar-refractivity contribution < 1.29 is 0 Å². The Morgan fingerprint density at radius 3 is 2.45 bits per heavy atom. The Labute approximate surface area is 122 Å². The predicted octanol–water partition coefficient (Wildman–Crippen LogP) is 3.56. The average molecular weight is 268 g/mol. The predicted molar refractivity (Wildman–Crippen MR) is 86.8 cm³/mol. The van der Waals surface area contributed by atoms with E-state index in [1.807, 2.05) is 18.2 Å². The van der Waals surface area contributed by atoms with Gasteiger partial charge in [-0.2, -0.15) is 0 Å². The van der Waals surface area contributed by atoms with Gasteiger partial charge in [0.15, 0.2) is 0 Å². The smallest absolute Gasteiger partial charge is 0.0317 e. The van der Waals surface area contributed by atoms with Crippen molar-refractivity contribution in [2.75, 3.05) is 19.3 Å². The van der Waals surface area contributed by atoms with Gasteiger partial charge in [-0.1, -0.05) is 30.3 Å². The highest BCUT2D eigenvalue weighted by Gasteiger charge is 2.02. The number of rotatable bonds is 5. The van der Waals surface area contributed by atoms with Gasteiger partial charge in [-0.05, 0) is 61.7 Å². The molecule has 0 bridgehead atoms. The molecule has 0 saturated carbocycles. The van der Waals surface area contributed by atoms with Crippen LogP contribution in [0.15, 0.2) is 42.5 Å². The first-order chi connectivity index (χ1) is 9.54. The zero-order chi connectivity index (χ0) is 14.5. The molecular formula is C18H24N2. The summed E-state index contributed by atoms with van der Waals surface area (Å²) in [5, 5.41) is 0. The van der Waals surface area contributed by atoms with Crippen molar-refractivity contribution in [1.82, 2.24) is 4.90 Å². The van der Waals surface area contributed by atoms with E-state index in [1.165, 1.54) is 22.3 Å². The Balaban J connectivity index is 1.88. The Bertz CT molecular complexity index is 575. The Morgan fingerprint density at radius 2 is 1.75 bits per heavy atom. The van der Waals surface area contributed by atoms with Gasteiger partial charge in [0, 0.05) is 18.8 Å². The monoisotopic (exact) mass is 268 g/mol. The minimum absolute atomic E-state index is 0.838. The van der Waals surface area contributed by atoms with E-state index in [0.717, 1.165) is 25.2 Å². The molecule has 2 N–H and O–H groups in total. The maximum Gasteiger partial charge on any atom is 0.0317 e. The number of nitrogens with zero attached hydrogens (tertiary/aromatic N) is 1. The highest BCUT2D eigenvalue weighted by atomic mass is 15.1. The van der Waals surface area contributed by atoms with E-state index in [4.69, 9.17) is 5.73 Å². The second-order valence-corrected chi connectivity index (χ2v) is 5.65. The van der Waals surface area contributed by atoms with Gasteiger partial charge >= 0.3 is 0 Å². The van der Waals surface area contributed by atoms with E-state index < -0.39 is 0 Å². The molecule has 106 valence electrons. The van der Waals surface area contributed by atoms with Crippen molar-refractivity contribution in [3.8, 4) is 0 Å². The van der Waals surface area contributed by atoms with Crippen LogP contribution in [0.3, 0.4) is 0 Å². The molecule has 0 spiro atoms. The third-order valence-corrected chi connectivity index (χ3v) is 3.76. The van der Waals surface area contributed by atoms with Crippen molar-refractivity contribution >= 4 is 5.69 Å². The summed E-state index contributed by atoms with van der Waals surface area (Å²) in [7, 11) is 2.16. The second-order valence-electron chi connectivity index (χ2n) is 5.65. The highest BCUT2D eigenvalue weighted by molar-refractivity contribution is 5.40. The van der Waals surface area contributed by atoms with Gasteiger partial charge in [0.05, 0.1) is 0 Å². The second kappa shape index (κ2) is 6.58. The van der Waals surface area contributed by atoms with Crippen molar-refractivity contribution in [2.24, 2.45) is 0 Å². The zero-order valence-electron chi connectivity index (χ0n) is 12.7. The van der Waals surface area contributed by atoms with Gasteiger partial charge < -0.3 is 10.6 Å². The van der Waals surface area contributed by atoms with Gasteiger partial charge in [-0.25, -0.2) is 0 Å². The Hall–Kier alpha value is -1.80. The van der Waals surface area contributed by atoms with Crippen molar-refractivity contribution in [2.45, 2.75) is 26.8 Å². The fourth-order valence-corrected chi connectivity index (χ4v) is 2.36. The van der Waals surface area contributed by atoms with Crippen molar-refractivity contribution in [1.29, 1.82) is 0 Å². The summed E-state index contributed by atoms with van der Waals surface area (Å²) in [4.78, 5) is 2.34. The lowest BCUT2D eigenvalue weighted by atomic mass is 10.0. The van der Waals surface area contributed by atoms with E-state index in [1.54, 1.807) is 0 Å². The lowest BCUT2D eigenvalue weighted by molar-refractivity contribution is 0.331. The topological polar surface area (TPSA) is 29.3 Å². The number of anilines is 1. The van der Waals surface area contributed by atoms with Crippen LogP contribution in [0.25, 0.3) is 0 Å². The summed E-state index contributed by atoms with van der Waals surface area (Å²) >= 11 is 0. The Kier molecular flexibility index (Phi) is 4.80. The standard InChI is InChI=1S/C18H24N2/c1-14-7-8-16(11-15(14)2)9-10-20(3)13-17-5-4-6-18(19)12-17/h4-8,11-12H,9-10,13,19H2,1-3H3. The van der Waals surface area contributed by atoms with Gasteiger partial charge in [-0.3, -0.25) is 0 Å². The first kappa shape index (κ1) is 14.6. The molecule has 0 saturated heterocycles. The molecule has 0 fully saturated rings. The summed E-state index contributed by atoms with van der Waals surface area (Å²) in [6, 6.07) is 14.9. The summed E-state index contributed by atoms with van der Waals surface area (Å²) in [5.74, 6) is 0. The zero-order valence-corrected chi connectivity index (χ0v) is 12.7. The van der Waals surface area contributed by atoms with E-state index in [0.29, 0.717) is 0 Å². The number of likely N-dealkylation sites (N-methyl/N-ethyl adjacent to an activating group) is 1. The largest absolute Gasteiger partial charge is 0.399 e. The number of hydrogen-bond donors (Lipinski definition) is 1. The van der Waals surface area contributed by atoms with Crippen LogP contribution in [0.1, 0.15) is 22.3 Å². The normalized spacial score (nSPS) is 11.0. The molecule has 0 aliphatic rings. The molecule has 20 heavy (non-hydrogen) atoms.